The molecule has 0 radical (unpaired) electrons. The van der Waals surface area contributed by atoms with Crippen LogP contribution >= 0.6 is 0 Å². The number of hydrogen-bond acceptors (Lipinski definition) is 3. The third-order valence-electron chi connectivity index (χ3n) is 5.57. The number of benzene rings is 1. The van der Waals surface area contributed by atoms with Crippen LogP contribution in [0, 0.1) is 5.92 Å². The van der Waals surface area contributed by atoms with E-state index in [-0.39, 0.29) is 0 Å². The molecule has 114 valence electrons. The molecule has 2 fully saturated rings. The lowest BCUT2D eigenvalue weighted by molar-refractivity contribution is 0.0551. The highest BCUT2D eigenvalue weighted by atomic mass is 16.5. The van der Waals surface area contributed by atoms with Crippen molar-refractivity contribution in [1.82, 2.24) is 10.2 Å². The predicted molar refractivity (Wildman–Crippen MR) is 84.8 cm³/mol. The number of nitrogens with one attached hydrogen (secondary N) is 1. The van der Waals surface area contributed by atoms with Gasteiger partial charge in [0.2, 0.25) is 0 Å². The van der Waals surface area contributed by atoms with E-state index in [4.69, 9.17) is 4.74 Å². The molecule has 1 aromatic carbocycles. The standard InChI is InChI=1S/C18H26N2O/c1-2-21-15-5-6-16-13(10-15)7-9-20-12-14-4-3-8-19-17(14)11-18(16)20/h5-6,10,14,17-19H,2-4,7-9,11-12H2,1H3/t14-,17+,18-/m1/s1. The van der Waals surface area contributed by atoms with Gasteiger partial charge in [0.15, 0.2) is 0 Å². The first-order valence-corrected chi connectivity index (χ1v) is 8.58. The number of hydrogen-bond donors (Lipinski definition) is 1. The maximum atomic E-state index is 5.67. The zero-order valence-electron chi connectivity index (χ0n) is 13.0. The van der Waals surface area contributed by atoms with Crippen molar-refractivity contribution in [2.24, 2.45) is 5.92 Å². The van der Waals surface area contributed by atoms with Crippen molar-refractivity contribution in [3.05, 3.63) is 29.3 Å². The molecular weight excluding hydrogens is 260 g/mol. The van der Waals surface area contributed by atoms with Gasteiger partial charge < -0.3 is 10.1 Å². The molecular formula is C18H26N2O. The van der Waals surface area contributed by atoms with E-state index < -0.39 is 0 Å². The van der Waals surface area contributed by atoms with Crippen molar-refractivity contribution in [3.63, 3.8) is 0 Å². The molecule has 0 unspecified atom stereocenters. The minimum Gasteiger partial charge on any atom is -0.494 e. The van der Waals surface area contributed by atoms with Crippen molar-refractivity contribution >= 4 is 0 Å². The van der Waals surface area contributed by atoms with Crippen LogP contribution in [-0.2, 0) is 6.42 Å². The molecule has 3 aliphatic rings. The molecule has 1 aromatic rings. The largest absolute Gasteiger partial charge is 0.494 e. The minimum atomic E-state index is 0.622. The van der Waals surface area contributed by atoms with Crippen LogP contribution in [0.5, 0.6) is 5.75 Å². The van der Waals surface area contributed by atoms with E-state index in [9.17, 15) is 0 Å². The van der Waals surface area contributed by atoms with Gasteiger partial charge >= 0.3 is 0 Å². The Hall–Kier alpha value is -1.06. The summed E-state index contributed by atoms with van der Waals surface area (Å²) in [5.41, 5.74) is 3.06. The molecule has 4 rings (SSSR count). The zero-order chi connectivity index (χ0) is 14.2. The van der Waals surface area contributed by atoms with Crippen LogP contribution in [0.4, 0.5) is 0 Å². The van der Waals surface area contributed by atoms with E-state index in [0.717, 1.165) is 24.3 Å². The Bertz CT molecular complexity index is 516. The Balaban J connectivity index is 1.59. The van der Waals surface area contributed by atoms with Crippen molar-refractivity contribution in [2.75, 3.05) is 26.2 Å². The van der Waals surface area contributed by atoms with E-state index in [1.165, 1.54) is 50.9 Å². The summed E-state index contributed by atoms with van der Waals surface area (Å²) in [5.74, 6) is 1.91. The molecule has 0 aliphatic carbocycles. The second-order valence-electron chi connectivity index (χ2n) is 6.75. The van der Waals surface area contributed by atoms with E-state index in [1.807, 2.05) is 0 Å². The normalized spacial score (nSPS) is 32.0. The van der Waals surface area contributed by atoms with Crippen LogP contribution < -0.4 is 10.1 Å². The average Bonchev–Trinajstić information content (AvgIpc) is 2.53. The molecule has 3 atom stereocenters. The fourth-order valence-corrected chi connectivity index (χ4v) is 4.55. The fourth-order valence-electron chi connectivity index (χ4n) is 4.55. The second-order valence-corrected chi connectivity index (χ2v) is 6.75. The quantitative estimate of drug-likeness (QED) is 0.905. The van der Waals surface area contributed by atoms with Crippen LogP contribution in [0.3, 0.4) is 0 Å². The highest BCUT2D eigenvalue weighted by molar-refractivity contribution is 5.39. The van der Waals surface area contributed by atoms with E-state index in [1.54, 1.807) is 5.56 Å². The second kappa shape index (κ2) is 5.62. The van der Waals surface area contributed by atoms with E-state index in [0.29, 0.717) is 6.04 Å². The van der Waals surface area contributed by atoms with E-state index >= 15 is 0 Å². The Labute approximate surface area is 127 Å². The SMILES string of the molecule is CCOc1ccc2c(c1)CCN1C[C@H]3CCCN[C@H]3C[C@H]21. The summed E-state index contributed by atoms with van der Waals surface area (Å²) in [6, 6.07) is 8.11. The summed E-state index contributed by atoms with van der Waals surface area (Å²) >= 11 is 0. The van der Waals surface area contributed by atoms with Gasteiger partial charge in [-0.25, -0.2) is 0 Å². The Morgan fingerprint density at radius 3 is 3.24 bits per heavy atom. The predicted octanol–water partition coefficient (Wildman–Crippen LogP) is 2.76. The molecule has 2 saturated heterocycles. The molecule has 3 heterocycles. The molecule has 3 aliphatic heterocycles. The van der Waals surface area contributed by atoms with Gasteiger partial charge in [0.25, 0.3) is 0 Å². The fraction of sp³-hybridized carbons (Fsp3) is 0.667. The van der Waals surface area contributed by atoms with Crippen molar-refractivity contribution in [2.45, 2.75) is 44.7 Å². The Morgan fingerprint density at radius 1 is 1.38 bits per heavy atom. The maximum Gasteiger partial charge on any atom is 0.119 e. The molecule has 3 nitrogen and oxygen atoms in total. The maximum absolute atomic E-state index is 5.67. The summed E-state index contributed by atoms with van der Waals surface area (Å²) < 4.78 is 5.67. The van der Waals surface area contributed by atoms with Crippen LogP contribution in [0.1, 0.15) is 43.4 Å². The molecule has 1 N–H and O–H groups in total. The van der Waals surface area contributed by atoms with Gasteiger partial charge in [-0.2, -0.15) is 0 Å². The lowest BCUT2D eigenvalue weighted by Crippen LogP contribution is -2.54. The summed E-state index contributed by atoms with van der Waals surface area (Å²) in [5, 5.41) is 3.77. The van der Waals surface area contributed by atoms with Crippen molar-refractivity contribution in [1.29, 1.82) is 0 Å². The molecule has 0 bridgehead atoms. The molecule has 21 heavy (non-hydrogen) atoms. The van der Waals surface area contributed by atoms with Gasteiger partial charge in [-0.15, -0.1) is 0 Å². The molecule has 0 saturated carbocycles. The lowest BCUT2D eigenvalue weighted by atomic mass is 9.77. The van der Waals surface area contributed by atoms with Crippen LogP contribution in [0.25, 0.3) is 0 Å². The zero-order valence-corrected chi connectivity index (χ0v) is 13.0. The van der Waals surface area contributed by atoms with Gasteiger partial charge in [0.05, 0.1) is 6.61 Å². The van der Waals surface area contributed by atoms with Crippen LogP contribution in [-0.4, -0.2) is 37.2 Å². The minimum absolute atomic E-state index is 0.622. The lowest BCUT2D eigenvalue weighted by Gasteiger charge is -2.49. The monoisotopic (exact) mass is 286 g/mol. The van der Waals surface area contributed by atoms with Crippen molar-refractivity contribution in [3.8, 4) is 5.75 Å². The summed E-state index contributed by atoms with van der Waals surface area (Å²) in [7, 11) is 0. The van der Waals surface area contributed by atoms with Gasteiger partial charge in [-0.05, 0) is 68.3 Å². The Morgan fingerprint density at radius 2 is 2.33 bits per heavy atom. The van der Waals surface area contributed by atoms with Gasteiger partial charge in [-0.3, -0.25) is 4.90 Å². The van der Waals surface area contributed by atoms with E-state index in [2.05, 4.69) is 35.3 Å². The van der Waals surface area contributed by atoms with Gasteiger partial charge in [-0.1, -0.05) is 6.07 Å². The first-order valence-electron chi connectivity index (χ1n) is 8.58. The smallest absolute Gasteiger partial charge is 0.119 e. The molecule has 0 aromatic heterocycles. The van der Waals surface area contributed by atoms with Crippen LogP contribution in [0.15, 0.2) is 18.2 Å². The topological polar surface area (TPSA) is 24.5 Å². The third kappa shape index (κ3) is 2.47. The summed E-state index contributed by atoms with van der Waals surface area (Å²) in [6.45, 7) is 6.52. The molecule has 0 amide bonds. The number of nitrogens with zero attached hydrogens (tertiary/aromatic N) is 1. The first-order chi connectivity index (χ1) is 10.3. The van der Waals surface area contributed by atoms with Crippen LogP contribution in [0.2, 0.25) is 0 Å². The number of piperidine rings is 2. The summed E-state index contributed by atoms with van der Waals surface area (Å²) in [6.07, 6.45) is 5.23. The summed E-state index contributed by atoms with van der Waals surface area (Å²) in [4.78, 5) is 2.73. The molecule has 3 heteroatoms. The average molecular weight is 286 g/mol. The highest BCUT2D eigenvalue weighted by Gasteiger charge is 2.39. The Kier molecular flexibility index (Phi) is 3.64. The van der Waals surface area contributed by atoms with Gasteiger partial charge in [0.1, 0.15) is 5.75 Å². The number of fused-ring (bicyclic) bond motifs is 4. The first kappa shape index (κ1) is 13.6. The molecule has 0 spiro atoms. The number of rotatable bonds is 2. The third-order valence-corrected chi connectivity index (χ3v) is 5.57. The highest BCUT2D eigenvalue weighted by Crippen LogP contribution is 2.41. The number of ether oxygens (including phenoxy) is 1. The van der Waals surface area contributed by atoms with Crippen molar-refractivity contribution < 1.29 is 4.74 Å². The van der Waals surface area contributed by atoms with Gasteiger partial charge in [0, 0.05) is 25.2 Å².